The lowest BCUT2D eigenvalue weighted by atomic mass is 9.51. The van der Waals surface area contributed by atoms with Crippen LogP contribution in [0.25, 0.3) is 10.8 Å². The van der Waals surface area contributed by atoms with E-state index in [-0.39, 0.29) is 47.0 Å². The molecular formula is C39H32ClFN2O6. The monoisotopic (exact) mass is 678 g/mol. The molecule has 248 valence electrons. The molecule has 8 nitrogen and oxygen atoms in total. The van der Waals surface area contributed by atoms with Crippen LogP contribution >= 0.6 is 11.6 Å². The van der Waals surface area contributed by atoms with Gasteiger partial charge in [0.05, 0.1) is 33.9 Å². The fraction of sp³-hybridized carbons (Fsp3) is 0.282. The highest BCUT2D eigenvalue weighted by Gasteiger charge is 2.67. The van der Waals surface area contributed by atoms with E-state index in [0.717, 1.165) is 27.7 Å². The average molecular weight is 679 g/mol. The van der Waals surface area contributed by atoms with Gasteiger partial charge in [0.1, 0.15) is 17.3 Å². The standard InChI is InChI=1S/C39H32ClFN2O6/c1-39-29(36(47)43(38(39)49)21-8-14-31(41)30(40)18-21)19-28-26(34(39)25-13-15-32(45)24-5-3-2-4-23(24)25)11-12-27-33(28)37(48)42(35(27)46)17-16-20-6-9-22(44)10-7-20/h2-11,13-15,18,27-29,33-34,44-45H,12,16-17,19H2,1H3/t27-,28+,29-,33-,34-,39+/m0/s1. The minimum absolute atomic E-state index is 0.0725. The second-order valence-corrected chi connectivity index (χ2v) is 14.1. The quantitative estimate of drug-likeness (QED) is 0.184. The van der Waals surface area contributed by atoms with Gasteiger partial charge in [0.25, 0.3) is 0 Å². The van der Waals surface area contributed by atoms with Crippen LogP contribution < -0.4 is 4.90 Å². The number of amides is 4. The number of hydrogen-bond acceptors (Lipinski definition) is 6. The van der Waals surface area contributed by atoms with E-state index in [1.807, 2.05) is 24.3 Å². The van der Waals surface area contributed by atoms with Gasteiger partial charge in [-0.1, -0.05) is 65.7 Å². The van der Waals surface area contributed by atoms with Crippen molar-refractivity contribution in [2.24, 2.45) is 29.1 Å². The Morgan fingerprint density at radius 2 is 1.61 bits per heavy atom. The predicted octanol–water partition coefficient (Wildman–Crippen LogP) is 6.52. The van der Waals surface area contributed by atoms with Crippen LogP contribution in [0, 0.1) is 34.9 Å². The van der Waals surface area contributed by atoms with E-state index >= 15 is 0 Å². The number of allylic oxidation sites excluding steroid dienone is 2. The summed E-state index contributed by atoms with van der Waals surface area (Å²) in [5.41, 5.74) is 1.29. The molecule has 6 atom stereocenters. The van der Waals surface area contributed by atoms with Gasteiger partial charge in [-0.3, -0.25) is 24.1 Å². The third-order valence-electron chi connectivity index (χ3n) is 11.3. The molecule has 2 aliphatic heterocycles. The number of imide groups is 2. The molecule has 0 bridgehead atoms. The van der Waals surface area contributed by atoms with Crippen molar-refractivity contribution in [3.8, 4) is 11.5 Å². The van der Waals surface area contributed by atoms with Crippen molar-refractivity contribution in [2.75, 3.05) is 11.4 Å². The first-order valence-electron chi connectivity index (χ1n) is 16.4. The first-order chi connectivity index (χ1) is 23.5. The molecule has 2 saturated heterocycles. The van der Waals surface area contributed by atoms with Gasteiger partial charge in [0.2, 0.25) is 23.6 Å². The number of carbonyl (C=O) groups excluding carboxylic acids is 4. The van der Waals surface area contributed by atoms with Crippen molar-refractivity contribution in [3.05, 3.63) is 112 Å². The van der Waals surface area contributed by atoms with Crippen LogP contribution in [0.15, 0.2) is 90.5 Å². The summed E-state index contributed by atoms with van der Waals surface area (Å²) in [4.78, 5) is 59.6. The molecular weight excluding hydrogens is 647 g/mol. The van der Waals surface area contributed by atoms with Crippen LogP contribution in [0.2, 0.25) is 5.02 Å². The molecule has 2 heterocycles. The van der Waals surface area contributed by atoms with Gasteiger partial charge in [0, 0.05) is 17.8 Å². The number of carbonyl (C=O) groups is 4. The predicted molar refractivity (Wildman–Crippen MR) is 180 cm³/mol. The number of halogens is 2. The van der Waals surface area contributed by atoms with Crippen LogP contribution in [0.1, 0.15) is 36.8 Å². The Hall–Kier alpha value is -5.02. The van der Waals surface area contributed by atoms with Gasteiger partial charge in [0.15, 0.2) is 0 Å². The zero-order chi connectivity index (χ0) is 34.4. The number of benzene rings is 4. The lowest BCUT2D eigenvalue weighted by molar-refractivity contribution is -0.140. The summed E-state index contributed by atoms with van der Waals surface area (Å²) in [6.45, 7) is 1.96. The Morgan fingerprint density at radius 1 is 0.878 bits per heavy atom. The van der Waals surface area contributed by atoms with Crippen molar-refractivity contribution >= 4 is 51.7 Å². The number of nitrogens with zero attached hydrogens (tertiary/aromatic N) is 2. The summed E-state index contributed by atoms with van der Waals surface area (Å²) in [7, 11) is 0. The van der Waals surface area contributed by atoms with Crippen molar-refractivity contribution in [1.29, 1.82) is 0 Å². The Balaban J connectivity index is 1.24. The topological polar surface area (TPSA) is 115 Å². The fourth-order valence-corrected chi connectivity index (χ4v) is 9.15. The molecule has 1 saturated carbocycles. The van der Waals surface area contributed by atoms with Crippen LogP contribution in [0.5, 0.6) is 11.5 Å². The van der Waals surface area contributed by atoms with Crippen LogP contribution in [0.4, 0.5) is 10.1 Å². The lowest BCUT2D eigenvalue weighted by Crippen LogP contribution is -2.49. The van der Waals surface area contributed by atoms with Gasteiger partial charge in [-0.25, -0.2) is 9.29 Å². The molecule has 4 amide bonds. The molecule has 8 rings (SSSR count). The molecule has 0 unspecified atom stereocenters. The van der Waals surface area contributed by atoms with Gasteiger partial charge < -0.3 is 10.2 Å². The van der Waals surface area contributed by atoms with Gasteiger partial charge >= 0.3 is 0 Å². The summed E-state index contributed by atoms with van der Waals surface area (Å²) >= 11 is 6.11. The Labute approximate surface area is 286 Å². The first-order valence-corrected chi connectivity index (χ1v) is 16.8. The van der Waals surface area contributed by atoms with Crippen molar-refractivity contribution in [2.45, 2.75) is 32.1 Å². The molecule has 2 N–H and O–H groups in total. The molecule has 4 aromatic rings. The zero-order valence-corrected chi connectivity index (χ0v) is 27.2. The number of rotatable bonds is 5. The normalized spacial score (nSPS) is 27.7. The Morgan fingerprint density at radius 3 is 2.35 bits per heavy atom. The number of phenolic OH excluding ortho intramolecular Hbond substituents is 2. The molecule has 0 spiro atoms. The second-order valence-electron chi connectivity index (χ2n) is 13.7. The molecule has 4 aromatic carbocycles. The van der Waals surface area contributed by atoms with Crippen molar-refractivity contribution in [3.63, 3.8) is 0 Å². The van der Waals surface area contributed by atoms with Gasteiger partial charge in [-0.05, 0) is 85.0 Å². The first kappa shape index (κ1) is 31.3. The van der Waals surface area contributed by atoms with E-state index in [4.69, 9.17) is 11.6 Å². The highest BCUT2D eigenvalue weighted by Crippen LogP contribution is 2.64. The molecule has 10 heteroatoms. The third-order valence-corrected chi connectivity index (χ3v) is 11.6. The maximum absolute atomic E-state index is 14.7. The molecule has 4 aliphatic rings. The van der Waals surface area contributed by atoms with Crippen molar-refractivity contribution in [1.82, 2.24) is 4.90 Å². The minimum atomic E-state index is -1.31. The Bertz CT molecular complexity index is 2130. The largest absolute Gasteiger partial charge is 0.508 e. The third kappa shape index (κ3) is 4.55. The highest BCUT2D eigenvalue weighted by atomic mass is 35.5. The zero-order valence-electron chi connectivity index (χ0n) is 26.5. The molecule has 3 fully saturated rings. The van der Waals surface area contributed by atoms with E-state index in [1.54, 1.807) is 49.4 Å². The van der Waals surface area contributed by atoms with Crippen LogP contribution in [-0.2, 0) is 25.6 Å². The smallest absolute Gasteiger partial charge is 0.241 e. The summed E-state index contributed by atoms with van der Waals surface area (Å²) in [6.07, 6.45) is 2.90. The number of aromatic hydroxyl groups is 2. The fourth-order valence-electron chi connectivity index (χ4n) is 8.98. The van der Waals surface area contributed by atoms with Crippen LogP contribution in [-0.4, -0.2) is 45.3 Å². The summed E-state index contributed by atoms with van der Waals surface area (Å²) in [5, 5.41) is 21.5. The van der Waals surface area contributed by atoms with E-state index in [1.165, 1.54) is 17.0 Å². The molecule has 49 heavy (non-hydrogen) atoms. The van der Waals surface area contributed by atoms with Gasteiger partial charge in [-0.15, -0.1) is 0 Å². The SMILES string of the molecule is C[C@@]12C(=O)N(c3ccc(F)c(Cl)c3)C(=O)[C@@H]1C[C@@H]1C(=CC[C@@H]3C(=O)N(CCc4ccc(O)cc4)C(=O)[C@@H]31)[C@@H]2c1ccc(O)c2ccccc12. The Kier molecular flexibility index (Phi) is 7.19. The van der Waals surface area contributed by atoms with E-state index in [9.17, 15) is 33.8 Å². The number of fused-ring (bicyclic) bond motifs is 5. The van der Waals surface area contributed by atoms with E-state index < -0.39 is 52.6 Å². The maximum Gasteiger partial charge on any atom is 0.241 e. The number of hydrogen-bond donors (Lipinski definition) is 2. The highest BCUT2D eigenvalue weighted by molar-refractivity contribution is 6.31. The molecule has 2 aliphatic carbocycles. The van der Waals surface area contributed by atoms with E-state index in [2.05, 4.69) is 0 Å². The maximum atomic E-state index is 14.7. The number of likely N-dealkylation sites (tertiary alicyclic amines) is 1. The average Bonchev–Trinajstić information content (AvgIpc) is 3.45. The molecule has 0 aromatic heterocycles. The number of anilines is 1. The van der Waals surface area contributed by atoms with Crippen LogP contribution in [0.3, 0.4) is 0 Å². The van der Waals surface area contributed by atoms with E-state index in [0.29, 0.717) is 23.6 Å². The second kappa shape index (κ2) is 11.3. The van der Waals surface area contributed by atoms with Crippen molar-refractivity contribution < 1.29 is 33.8 Å². The summed E-state index contributed by atoms with van der Waals surface area (Å²) in [5.74, 6) is -5.29. The van der Waals surface area contributed by atoms with Gasteiger partial charge in [-0.2, -0.15) is 0 Å². The molecule has 0 radical (unpaired) electrons. The minimum Gasteiger partial charge on any atom is -0.508 e. The lowest BCUT2D eigenvalue weighted by Gasteiger charge is -2.49. The summed E-state index contributed by atoms with van der Waals surface area (Å²) < 4.78 is 14.2. The number of phenols is 2. The summed E-state index contributed by atoms with van der Waals surface area (Å²) in [6, 6.07) is 21.1.